The first-order valence-electron chi connectivity index (χ1n) is 7.64. The van der Waals surface area contributed by atoms with E-state index in [1.807, 2.05) is 12.3 Å². The minimum Gasteiger partial charge on any atom is -0.320 e. The maximum Gasteiger partial charge on any atom is 0.0752 e. The van der Waals surface area contributed by atoms with Crippen LogP contribution >= 0.6 is 0 Å². The first-order valence-corrected chi connectivity index (χ1v) is 7.64. The zero-order valence-corrected chi connectivity index (χ0v) is 11.9. The molecule has 0 amide bonds. The van der Waals surface area contributed by atoms with Crippen LogP contribution in [0.4, 0.5) is 0 Å². The SMILES string of the molecule is NC(/C1=C/CCCCCC1)c1cccc2cccnc12. The van der Waals surface area contributed by atoms with Crippen molar-refractivity contribution >= 4 is 10.9 Å². The number of nitrogens with two attached hydrogens (primary N) is 1. The van der Waals surface area contributed by atoms with Crippen LogP contribution in [0.15, 0.2) is 48.2 Å². The Balaban J connectivity index is 1.97. The standard InChI is InChI=1S/C18H22N2/c19-17(14-8-4-2-1-3-5-9-14)16-12-6-10-15-11-7-13-20-18(15)16/h6-8,10-13,17H,1-5,9,19H2/b14-8+. The lowest BCUT2D eigenvalue weighted by molar-refractivity contribution is 0.603. The summed E-state index contributed by atoms with van der Waals surface area (Å²) < 4.78 is 0. The molecule has 0 radical (unpaired) electrons. The Labute approximate surface area is 120 Å². The number of rotatable bonds is 2. The van der Waals surface area contributed by atoms with E-state index in [0.717, 1.165) is 17.5 Å². The van der Waals surface area contributed by atoms with Gasteiger partial charge in [0, 0.05) is 11.6 Å². The minimum absolute atomic E-state index is 0.00769. The number of para-hydroxylation sites is 1. The molecule has 0 bridgehead atoms. The van der Waals surface area contributed by atoms with E-state index in [0.29, 0.717) is 0 Å². The molecule has 3 rings (SSSR count). The van der Waals surface area contributed by atoms with Gasteiger partial charge in [-0.2, -0.15) is 0 Å². The number of nitrogens with zero attached hydrogens (tertiary/aromatic N) is 1. The molecular formula is C18H22N2. The van der Waals surface area contributed by atoms with Crippen LogP contribution in [-0.2, 0) is 0 Å². The van der Waals surface area contributed by atoms with Crippen molar-refractivity contribution in [2.24, 2.45) is 5.73 Å². The molecule has 1 aromatic heterocycles. The number of hydrogen-bond acceptors (Lipinski definition) is 2. The molecule has 1 heterocycles. The molecule has 2 N–H and O–H groups in total. The summed E-state index contributed by atoms with van der Waals surface area (Å²) in [4.78, 5) is 4.53. The lowest BCUT2D eigenvalue weighted by Gasteiger charge is -2.20. The summed E-state index contributed by atoms with van der Waals surface area (Å²) in [6.45, 7) is 0. The van der Waals surface area contributed by atoms with E-state index in [4.69, 9.17) is 5.73 Å². The van der Waals surface area contributed by atoms with Gasteiger partial charge in [-0.15, -0.1) is 0 Å². The normalized spacial score (nSPS) is 20.8. The molecular weight excluding hydrogens is 244 g/mol. The molecule has 104 valence electrons. The topological polar surface area (TPSA) is 38.9 Å². The van der Waals surface area contributed by atoms with Gasteiger partial charge in [-0.1, -0.05) is 48.8 Å². The number of allylic oxidation sites excluding steroid dienone is 1. The summed E-state index contributed by atoms with van der Waals surface area (Å²) >= 11 is 0. The molecule has 1 aliphatic rings. The second kappa shape index (κ2) is 6.19. The maximum absolute atomic E-state index is 6.55. The van der Waals surface area contributed by atoms with Crippen molar-refractivity contribution < 1.29 is 0 Å². The van der Waals surface area contributed by atoms with Gasteiger partial charge in [-0.05, 0) is 37.3 Å². The second-order valence-corrected chi connectivity index (χ2v) is 5.63. The van der Waals surface area contributed by atoms with Gasteiger partial charge in [0.05, 0.1) is 11.6 Å². The molecule has 0 saturated carbocycles. The van der Waals surface area contributed by atoms with Crippen molar-refractivity contribution in [2.45, 2.75) is 44.6 Å². The Bertz CT molecular complexity index is 610. The molecule has 1 aromatic carbocycles. The lowest BCUT2D eigenvalue weighted by atomic mass is 9.90. The van der Waals surface area contributed by atoms with E-state index in [1.165, 1.54) is 43.1 Å². The van der Waals surface area contributed by atoms with Crippen LogP contribution in [0.1, 0.15) is 50.1 Å². The number of benzene rings is 1. The van der Waals surface area contributed by atoms with Crippen molar-refractivity contribution in [3.63, 3.8) is 0 Å². The average Bonchev–Trinajstić information content (AvgIpc) is 2.46. The Morgan fingerprint density at radius 3 is 2.80 bits per heavy atom. The van der Waals surface area contributed by atoms with E-state index < -0.39 is 0 Å². The molecule has 1 unspecified atom stereocenters. The van der Waals surface area contributed by atoms with Crippen LogP contribution < -0.4 is 5.73 Å². The summed E-state index contributed by atoms with van der Waals surface area (Å²) in [6.07, 6.45) is 11.8. The zero-order valence-electron chi connectivity index (χ0n) is 11.9. The number of pyridine rings is 1. The van der Waals surface area contributed by atoms with Crippen molar-refractivity contribution in [1.29, 1.82) is 0 Å². The first-order chi connectivity index (χ1) is 9.86. The second-order valence-electron chi connectivity index (χ2n) is 5.63. The highest BCUT2D eigenvalue weighted by atomic mass is 14.7. The van der Waals surface area contributed by atoms with Crippen LogP contribution in [0.2, 0.25) is 0 Å². The molecule has 2 nitrogen and oxygen atoms in total. The highest BCUT2D eigenvalue weighted by molar-refractivity contribution is 5.82. The number of fused-ring (bicyclic) bond motifs is 1. The summed E-state index contributed by atoms with van der Waals surface area (Å²) in [5.74, 6) is 0. The molecule has 1 aliphatic carbocycles. The van der Waals surface area contributed by atoms with Crippen molar-refractivity contribution in [3.8, 4) is 0 Å². The minimum atomic E-state index is -0.00769. The Hall–Kier alpha value is -1.67. The Morgan fingerprint density at radius 2 is 1.85 bits per heavy atom. The zero-order chi connectivity index (χ0) is 13.8. The molecule has 0 saturated heterocycles. The third-order valence-corrected chi connectivity index (χ3v) is 4.22. The predicted molar refractivity (Wildman–Crippen MR) is 84.5 cm³/mol. The van der Waals surface area contributed by atoms with E-state index >= 15 is 0 Å². The van der Waals surface area contributed by atoms with E-state index in [9.17, 15) is 0 Å². The molecule has 0 aliphatic heterocycles. The van der Waals surface area contributed by atoms with Gasteiger partial charge >= 0.3 is 0 Å². The van der Waals surface area contributed by atoms with E-state index in [-0.39, 0.29) is 6.04 Å². The molecule has 20 heavy (non-hydrogen) atoms. The number of hydrogen-bond donors (Lipinski definition) is 1. The largest absolute Gasteiger partial charge is 0.320 e. The number of aromatic nitrogens is 1. The Morgan fingerprint density at radius 1 is 1.00 bits per heavy atom. The molecule has 1 atom stereocenters. The van der Waals surface area contributed by atoms with Gasteiger partial charge in [0.2, 0.25) is 0 Å². The fraction of sp³-hybridized carbons (Fsp3) is 0.389. The van der Waals surface area contributed by atoms with Crippen LogP contribution in [0.25, 0.3) is 10.9 Å². The van der Waals surface area contributed by atoms with Crippen LogP contribution in [0.3, 0.4) is 0 Å². The summed E-state index contributed by atoms with van der Waals surface area (Å²) in [7, 11) is 0. The van der Waals surface area contributed by atoms with Gasteiger partial charge in [0.15, 0.2) is 0 Å². The van der Waals surface area contributed by atoms with E-state index in [2.05, 4.69) is 35.3 Å². The third-order valence-electron chi connectivity index (χ3n) is 4.22. The predicted octanol–water partition coefficient (Wildman–Crippen LogP) is 4.52. The van der Waals surface area contributed by atoms with Crippen LogP contribution in [-0.4, -0.2) is 4.98 Å². The summed E-state index contributed by atoms with van der Waals surface area (Å²) in [6, 6.07) is 10.4. The highest BCUT2D eigenvalue weighted by Gasteiger charge is 2.15. The quantitative estimate of drug-likeness (QED) is 0.812. The molecule has 2 aromatic rings. The van der Waals surface area contributed by atoms with Gasteiger partial charge in [-0.25, -0.2) is 0 Å². The Kier molecular flexibility index (Phi) is 4.12. The fourth-order valence-corrected chi connectivity index (χ4v) is 3.08. The van der Waals surface area contributed by atoms with Crippen LogP contribution in [0, 0.1) is 0 Å². The summed E-state index contributed by atoms with van der Waals surface area (Å²) in [5.41, 5.74) is 10.1. The van der Waals surface area contributed by atoms with Gasteiger partial charge < -0.3 is 5.73 Å². The molecule has 0 spiro atoms. The first kappa shape index (κ1) is 13.3. The average molecular weight is 266 g/mol. The molecule has 0 fully saturated rings. The smallest absolute Gasteiger partial charge is 0.0752 e. The fourth-order valence-electron chi connectivity index (χ4n) is 3.08. The van der Waals surface area contributed by atoms with Gasteiger partial charge in [0.1, 0.15) is 0 Å². The lowest BCUT2D eigenvalue weighted by Crippen LogP contribution is -2.15. The monoisotopic (exact) mass is 266 g/mol. The van der Waals surface area contributed by atoms with Crippen molar-refractivity contribution in [3.05, 3.63) is 53.7 Å². The third kappa shape index (κ3) is 2.75. The molecule has 2 heteroatoms. The maximum atomic E-state index is 6.55. The van der Waals surface area contributed by atoms with Gasteiger partial charge in [-0.3, -0.25) is 4.98 Å². The van der Waals surface area contributed by atoms with Crippen molar-refractivity contribution in [1.82, 2.24) is 4.98 Å². The van der Waals surface area contributed by atoms with Crippen LogP contribution in [0.5, 0.6) is 0 Å². The van der Waals surface area contributed by atoms with Gasteiger partial charge in [0.25, 0.3) is 0 Å². The van der Waals surface area contributed by atoms with Crippen molar-refractivity contribution in [2.75, 3.05) is 0 Å². The van der Waals surface area contributed by atoms with E-state index in [1.54, 1.807) is 0 Å². The highest BCUT2D eigenvalue weighted by Crippen LogP contribution is 2.30. The summed E-state index contributed by atoms with van der Waals surface area (Å²) in [5, 5.41) is 1.17.